The van der Waals surface area contributed by atoms with Crippen molar-refractivity contribution in [2.75, 3.05) is 0 Å². The Morgan fingerprint density at radius 3 is 2.35 bits per heavy atom. The zero-order chi connectivity index (χ0) is 14.4. The van der Waals surface area contributed by atoms with Gasteiger partial charge in [0.1, 0.15) is 0 Å². The monoisotopic (exact) mass is 282 g/mol. The standard InChI is InChI=1S/C17H24F2O/c1-2-12-17(18,19)15-8-10-16(11-9-15)20-13-14-6-4-3-5-7-14/h3-7,15-16H,2,8-13H2,1H3/t15-,16+. The van der Waals surface area contributed by atoms with Crippen molar-refractivity contribution >= 4 is 0 Å². The molecule has 0 heterocycles. The molecule has 0 aliphatic heterocycles. The molecule has 0 saturated heterocycles. The van der Waals surface area contributed by atoms with E-state index in [1.807, 2.05) is 37.3 Å². The molecule has 0 N–H and O–H groups in total. The van der Waals surface area contributed by atoms with E-state index in [0.717, 1.165) is 18.4 Å². The van der Waals surface area contributed by atoms with Crippen LogP contribution in [0.2, 0.25) is 0 Å². The third-order valence-corrected chi connectivity index (χ3v) is 4.18. The smallest absolute Gasteiger partial charge is 0.250 e. The highest BCUT2D eigenvalue weighted by Gasteiger charge is 2.40. The number of ether oxygens (including phenoxy) is 1. The molecule has 1 saturated carbocycles. The van der Waals surface area contributed by atoms with Gasteiger partial charge in [-0.05, 0) is 31.2 Å². The van der Waals surface area contributed by atoms with Gasteiger partial charge in [0.05, 0.1) is 12.7 Å². The maximum Gasteiger partial charge on any atom is 0.250 e. The molecule has 0 bridgehead atoms. The molecule has 3 heteroatoms. The second-order valence-electron chi connectivity index (χ2n) is 5.78. The normalized spacial score (nSPS) is 23.8. The Morgan fingerprint density at radius 1 is 1.10 bits per heavy atom. The lowest BCUT2D eigenvalue weighted by Crippen LogP contribution is -2.33. The lowest BCUT2D eigenvalue weighted by atomic mass is 9.82. The minimum Gasteiger partial charge on any atom is -0.374 e. The molecule has 1 aromatic carbocycles. The summed E-state index contributed by atoms with van der Waals surface area (Å²) in [4.78, 5) is 0. The summed E-state index contributed by atoms with van der Waals surface area (Å²) in [6, 6.07) is 10.0. The van der Waals surface area contributed by atoms with Crippen LogP contribution >= 0.6 is 0 Å². The highest BCUT2D eigenvalue weighted by atomic mass is 19.3. The van der Waals surface area contributed by atoms with Gasteiger partial charge in [0.15, 0.2) is 0 Å². The number of hydrogen-bond donors (Lipinski definition) is 0. The predicted molar refractivity (Wildman–Crippen MR) is 76.8 cm³/mol. The molecule has 20 heavy (non-hydrogen) atoms. The van der Waals surface area contributed by atoms with E-state index in [1.54, 1.807) is 0 Å². The van der Waals surface area contributed by atoms with Gasteiger partial charge in [0.25, 0.3) is 5.92 Å². The van der Waals surface area contributed by atoms with Gasteiger partial charge in [-0.15, -0.1) is 0 Å². The van der Waals surface area contributed by atoms with Crippen LogP contribution in [0.4, 0.5) is 8.78 Å². The van der Waals surface area contributed by atoms with Crippen LogP contribution in [0.5, 0.6) is 0 Å². The van der Waals surface area contributed by atoms with Crippen molar-refractivity contribution in [3.63, 3.8) is 0 Å². The first-order valence-electron chi connectivity index (χ1n) is 7.65. The van der Waals surface area contributed by atoms with Crippen molar-refractivity contribution in [2.24, 2.45) is 5.92 Å². The minimum atomic E-state index is -2.49. The molecule has 0 unspecified atom stereocenters. The fraction of sp³-hybridized carbons (Fsp3) is 0.647. The van der Waals surface area contributed by atoms with E-state index < -0.39 is 11.8 Å². The summed E-state index contributed by atoms with van der Waals surface area (Å²) in [5, 5.41) is 0. The molecule has 112 valence electrons. The van der Waals surface area contributed by atoms with Crippen LogP contribution in [0.15, 0.2) is 30.3 Å². The summed E-state index contributed by atoms with van der Waals surface area (Å²) < 4.78 is 33.5. The largest absolute Gasteiger partial charge is 0.374 e. The van der Waals surface area contributed by atoms with Crippen molar-refractivity contribution in [1.82, 2.24) is 0 Å². The number of benzene rings is 1. The van der Waals surface area contributed by atoms with E-state index in [-0.39, 0.29) is 12.5 Å². The second kappa shape index (κ2) is 7.16. The summed E-state index contributed by atoms with van der Waals surface area (Å²) in [6.07, 6.45) is 3.42. The van der Waals surface area contributed by atoms with E-state index >= 15 is 0 Å². The van der Waals surface area contributed by atoms with E-state index in [4.69, 9.17) is 4.74 Å². The number of hydrogen-bond acceptors (Lipinski definition) is 1. The van der Waals surface area contributed by atoms with Crippen LogP contribution in [0.3, 0.4) is 0 Å². The molecule has 1 aliphatic carbocycles. The Labute approximate surface area is 120 Å². The Hall–Kier alpha value is -0.960. The van der Waals surface area contributed by atoms with Crippen LogP contribution in [0, 0.1) is 5.92 Å². The fourth-order valence-electron chi connectivity index (χ4n) is 2.98. The van der Waals surface area contributed by atoms with E-state index in [9.17, 15) is 8.78 Å². The number of rotatable bonds is 6. The molecule has 1 aromatic rings. The Balaban J connectivity index is 1.74. The fourth-order valence-corrected chi connectivity index (χ4v) is 2.98. The summed E-state index contributed by atoms with van der Waals surface area (Å²) >= 11 is 0. The van der Waals surface area contributed by atoms with Gasteiger partial charge in [0.2, 0.25) is 0 Å². The second-order valence-corrected chi connectivity index (χ2v) is 5.78. The average Bonchev–Trinajstić information content (AvgIpc) is 2.47. The minimum absolute atomic E-state index is 0.0210. The van der Waals surface area contributed by atoms with Crippen LogP contribution in [0.1, 0.15) is 51.0 Å². The highest BCUT2D eigenvalue weighted by molar-refractivity contribution is 5.13. The third-order valence-electron chi connectivity index (χ3n) is 4.18. The van der Waals surface area contributed by atoms with Gasteiger partial charge >= 0.3 is 0 Å². The third kappa shape index (κ3) is 4.27. The van der Waals surface area contributed by atoms with Crippen LogP contribution in [-0.4, -0.2) is 12.0 Å². The molecule has 0 radical (unpaired) electrons. The van der Waals surface area contributed by atoms with Crippen LogP contribution < -0.4 is 0 Å². The van der Waals surface area contributed by atoms with Gasteiger partial charge in [-0.2, -0.15) is 0 Å². The molecular formula is C17H24F2O. The molecule has 2 rings (SSSR count). The van der Waals surface area contributed by atoms with E-state index in [1.165, 1.54) is 0 Å². The van der Waals surface area contributed by atoms with Crippen molar-refractivity contribution in [1.29, 1.82) is 0 Å². The van der Waals surface area contributed by atoms with Gasteiger partial charge in [-0.3, -0.25) is 0 Å². The topological polar surface area (TPSA) is 9.23 Å². The molecule has 0 spiro atoms. The molecule has 1 fully saturated rings. The summed E-state index contributed by atoms with van der Waals surface area (Å²) in [5.41, 5.74) is 1.14. The molecule has 0 amide bonds. The molecular weight excluding hydrogens is 258 g/mol. The summed E-state index contributed by atoms with van der Waals surface area (Å²) in [5.74, 6) is -2.93. The van der Waals surface area contributed by atoms with Crippen molar-refractivity contribution in [3.8, 4) is 0 Å². The number of halogens is 2. The quantitative estimate of drug-likeness (QED) is 0.697. The molecule has 0 aromatic heterocycles. The van der Waals surface area contributed by atoms with Crippen LogP contribution in [-0.2, 0) is 11.3 Å². The highest BCUT2D eigenvalue weighted by Crippen LogP contribution is 2.40. The van der Waals surface area contributed by atoms with Crippen LogP contribution in [0.25, 0.3) is 0 Å². The zero-order valence-electron chi connectivity index (χ0n) is 12.2. The maximum absolute atomic E-state index is 13.8. The predicted octanol–water partition coefficient (Wildman–Crippen LogP) is 5.20. The van der Waals surface area contributed by atoms with E-state index in [0.29, 0.717) is 25.9 Å². The summed E-state index contributed by atoms with van der Waals surface area (Å²) in [7, 11) is 0. The van der Waals surface area contributed by atoms with Gasteiger partial charge in [0, 0.05) is 12.3 Å². The lowest BCUT2D eigenvalue weighted by Gasteiger charge is -2.33. The Kier molecular flexibility index (Phi) is 5.53. The maximum atomic E-state index is 13.8. The molecule has 1 aliphatic rings. The van der Waals surface area contributed by atoms with Crippen molar-refractivity contribution < 1.29 is 13.5 Å². The first-order chi connectivity index (χ1) is 9.62. The summed E-state index contributed by atoms with van der Waals surface area (Å²) in [6.45, 7) is 2.41. The van der Waals surface area contributed by atoms with Crippen molar-refractivity contribution in [3.05, 3.63) is 35.9 Å². The average molecular weight is 282 g/mol. The first-order valence-corrected chi connectivity index (χ1v) is 7.65. The van der Waals surface area contributed by atoms with Gasteiger partial charge in [-0.25, -0.2) is 8.78 Å². The lowest BCUT2D eigenvalue weighted by molar-refractivity contribution is -0.0959. The SMILES string of the molecule is CCCC(F)(F)[C@H]1CC[C@@H](OCc2ccccc2)CC1. The van der Waals surface area contributed by atoms with E-state index in [2.05, 4.69) is 0 Å². The molecule has 1 nitrogen and oxygen atoms in total. The Bertz CT molecular complexity index is 383. The van der Waals surface area contributed by atoms with Gasteiger partial charge in [-0.1, -0.05) is 43.7 Å². The van der Waals surface area contributed by atoms with Gasteiger partial charge < -0.3 is 4.74 Å². The molecule has 0 atom stereocenters. The van der Waals surface area contributed by atoms with Crippen molar-refractivity contribution in [2.45, 2.75) is 64.1 Å². The first kappa shape index (κ1) is 15.4. The zero-order valence-corrected chi connectivity index (χ0v) is 12.2. The number of alkyl halides is 2. The Morgan fingerprint density at radius 2 is 1.75 bits per heavy atom.